The predicted molar refractivity (Wildman–Crippen MR) is 102 cm³/mol. The summed E-state index contributed by atoms with van der Waals surface area (Å²) in [5.41, 5.74) is 1.61. The minimum absolute atomic E-state index is 0. The molecule has 0 heterocycles. The quantitative estimate of drug-likeness (QED) is 0.286. The average Bonchev–Trinajstić information content (AvgIpc) is 2.45. The monoisotopic (exact) mass is 474 g/mol. The molecule has 28 heavy (non-hydrogen) atoms. The molecular weight excluding hydrogens is 447 g/mol. The van der Waals surface area contributed by atoms with E-state index in [-0.39, 0.29) is 48.3 Å². The Bertz CT molecular complexity index is 680. The molecular formula is C21H26NO5Ru. The first-order valence-electron chi connectivity index (χ1n) is 8.11. The Labute approximate surface area is 179 Å². The molecule has 1 aromatic carbocycles. The van der Waals surface area contributed by atoms with Crippen molar-refractivity contribution in [3.8, 4) is 0 Å². The first-order chi connectivity index (χ1) is 12.4. The molecule has 1 rings (SSSR count). The summed E-state index contributed by atoms with van der Waals surface area (Å²) in [6.45, 7) is 8.73. The number of hydrogen-bond acceptors (Lipinski definition) is 6. The van der Waals surface area contributed by atoms with Gasteiger partial charge in [0.05, 0.1) is 5.69 Å². The summed E-state index contributed by atoms with van der Waals surface area (Å²) in [4.78, 5) is 24.2. The van der Waals surface area contributed by atoms with Crippen molar-refractivity contribution in [2.45, 2.75) is 41.5 Å². The van der Waals surface area contributed by atoms with Gasteiger partial charge in [-0.25, -0.2) is 0 Å². The number of rotatable bonds is 4. The van der Waals surface area contributed by atoms with E-state index in [1.54, 1.807) is 0 Å². The van der Waals surface area contributed by atoms with Crippen molar-refractivity contribution < 1.29 is 44.4 Å². The molecule has 0 unspecified atom stereocenters. The molecule has 0 atom stereocenters. The van der Waals surface area contributed by atoms with Gasteiger partial charge in [-0.15, -0.1) is 17.3 Å². The van der Waals surface area contributed by atoms with E-state index >= 15 is 0 Å². The van der Waals surface area contributed by atoms with Gasteiger partial charge in [-0.2, -0.15) is 0 Å². The Morgan fingerprint density at radius 2 is 1.07 bits per heavy atom. The summed E-state index contributed by atoms with van der Waals surface area (Å²) >= 11 is 0. The third kappa shape index (κ3) is 25.7. The van der Waals surface area contributed by atoms with E-state index in [1.165, 1.54) is 40.7 Å². The van der Waals surface area contributed by atoms with Gasteiger partial charge in [0.2, 0.25) is 0 Å². The van der Waals surface area contributed by atoms with Gasteiger partial charge in [0.25, 0.3) is 0 Å². The first-order valence-corrected chi connectivity index (χ1v) is 8.11. The summed E-state index contributed by atoms with van der Waals surface area (Å²) in [5, 5.41) is 30.7. The number of aliphatic imine (C=N–C) groups is 1. The van der Waals surface area contributed by atoms with Gasteiger partial charge in [-0.1, -0.05) is 45.0 Å². The molecule has 0 bridgehead atoms. The van der Waals surface area contributed by atoms with Crippen LogP contribution < -0.4 is 15.3 Å². The zero-order chi connectivity index (χ0) is 21.4. The number of ketones is 2. The second kappa shape index (κ2) is 17.9. The van der Waals surface area contributed by atoms with Crippen LogP contribution >= 0.6 is 0 Å². The molecule has 1 radical (unpaired) electrons. The zero-order valence-corrected chi connectivity index (χ0v) is 18.7. The fourth-order valence-corrected chi connectivity index (χ4v) is 1.61. The molecule has 0 N–H and O–H groups in total. The Kier molecular flexibility index (Phi) is 19.3. The third-order valence-electron chi connectivity index (χ3n) is 2.29. The molecule has 153 valence electrons. The number of nitrogens with zero attached hydrogens (tertiary/aromatic N) is 1. The Morgan fingerprint density at radius 3 is 1.32 bits per heavy atom. The maximum atomic E-state index is 10.7. The van der Waals surface area contributed by atoms with Crippen molar-refractivity contribution in [1.82, 2.24) is 0 Å². The molecule has 0 aliphatic rings. The van der Waals surface area contributed by atoms with Crippen molar-refractivity contribution in [3.63, 3.8) is 0 Å². The van der Waals surface area contributed by atoms with Crippen LogP contribution in [0.4, 0.5) is 5.69 Å². The van der Waals surface area contributed by atoms with E-state index in [9.17, 15) is 24.9 Å². The van der Waals surface area contributed by atoms with Crippen molar-refractivity contribution in [1.29, 1.82) is 0 Å². The largest absolute Gasteiger partial charge is 3.00 e. The third-order valence-corrected chi connectivity index (χ3v) is 2.29. The van der Waals surface area contributed by atoms with Gasteiger partial charge in [0.15, 0.2) is 11.6 Å². The van der Waals surface area contributed by atoms with Crippen molar-refractivity contribution in [2.24, 2.45) is 4.99 Å². The summed E-state index contributed by atoms with van der Waals surface area (Å²) in [7, 11) is 0. The Morgan fingerprint density at radius 1 is 0.714 bits per heavy atom. The second-order valence-corrected chi connectivity index (χ2v) is 5.57. The molecule has 7 heteroatoms. The van der Waals surface area contributed by atoms with Crippen molar-refractivity contribution >= 4 is 23.0 Å². The van der Waals surface area contributed by atoms with Crippen LogP contribution in [-0.4, -0.2) is 17.3 Å². The second-order valence-electron chi connectivity index (χ2n) is 5.57. The molecule has 6 nitrogen and oxygen atoms in total. The van der Waals surface area contributed by atoms with Crippen LogP contribution in [0.25, 0.3) is 0 Å². The van der Waals surface area contributed by atoms with Gasteiger partial charge in [0.1, 0.15) is 0 Å². The molecule has 0 spiro atoms. The summed E-state index contributed by atoms with van der Waals surface area (Å²) in [6, 6.07) is 9.57. The van der Waals surface area contributed by atoms with Gasteiger partial charge in [0, 0.05) is 5.71 Å². The van der Waals surface area contributed by atoms with Gasteiger partial charge in [-0.3, -0.25) is 14.6 Å². The molecule has 0 saturated carbocycles. The maximum Gasteiger partial charge on any atom is 3.00 e. The fraction of sp³-hybridized carbons (Fsp3) is 0.286. The fourth-order valence-electron chi connectivity index (χ4n) is 1.61. The van der Waals surface area contributed by atoms with Crippen LogP contribution in [-0.2, 0) is 29.1 Å². The zero-order valence-electron chi connectivity index (χ0n) is 17.0. The minimum atomic E-state index is -0.187. The van der Waals surface area contributed by atoms with Crippen LogP contribution in [0.2, 0.25) is 0 Å². The van der Waals surface area contributed by atoms with E-state index in [4.69, 9.17) is 0 Å². The van der Waals surface area contributed by atoms with Crippen LogP contribution in [0.5, 0.6) is 0 Å². The van der Waals surface area contributed by atoms with E-state index in [2.05, 4.69) is 4.99 Å². The normalized spacial score (nSPS) is 11.8. The predicted octanol–water partition coefficient (Wildman–Crippen LogP) is 1.72. The number of allylic oxidation sites excluding steroid dienone is 6. The maximum absolute atomic E-state index is 10.7. The van der Waals surface area contributed by atoms with Crippen LogP contribution in [0.1, 0.15) is 41.5 Å². The summed E-state index contributed by atoms with van der Waals surface area (Å²) < 4.78 is 0. The number of para-hydroxylation sites is 1. The van der Waals surface area contributed by atoms with Crippen LogP contribution in [0, 0.1) is 0 Å². The Hall–Kier alpha value is -2.53. The number of hydrogen-bond donors (Lipinski definition) is 0. The van der Waals surface area contributed by atoms with Crippen molar-refractivity contribution in [3.05, 3.63) is 65.8 Å². The standard InChI is InChI=1S/C11H13NO.2C5H8O2.Ru/c1-9(8-10(2)13)12-11-6-4-3-5-7-11;2*1-4(6)3-5(2)7;/h3-8,13H,1-2H3;2*3,6H,1-2H3;/q;;;+3/p-3/b10-8-,12-9?;2*4-3-;. The summed E-state index contributed by atoms with van der Waals surface area (Å²) in [6.07, 6.45) is 3.63. The van der Waals surface area contributed by atoms with Gasteiger partial charge in [-0.05, 0) is 45.1 Å². The average molecular weight is 474 g/mol. The van der Waals surface area contributed by atoms with E-state index < -0.39 is 0 Å². The first kappa shape index (κ1) is 30.2. The molecule has 0 aliphatic heterocycles. The molecule has 0 aromatic heterocycles. The van der Waals surface area contributed by atoms with Crippen molar-refractivity contribution in [2.75, 3.05) is 0 Å². The van der Waals surface area contributed by atoms with Crippen LogP contribution in [0.3, 0.4) is 0 Å². The Balaban J connectivity index is -0.000000360. The number of carbonyl (C=O) groups excluding carboxylic acids is 2. The number of carbonyl (C=O) groups is 2. The SMILES string of the molecule is CC(/C=C(/C)[O-])=Nc1ccccc1.CC(=O)/C=C(/C)[O-].CC(=O)/C=C(/C)[O-].[Ru+3]. The smallest absolute Gasteiger partial charge is 0.876 e. The minimum Gasteiger partial charge on any atom is -0.876 e. The molecule has 0 amide bonds. The van der Waals surface area contributed by atoms with Crippen LogP contribution in [0.15, 0.2) is 70.8 Å². The topological polar surface area (TPSA) is 116 Å². The van der Waals surface area contributed by atoms with E-state index in [1.807, 2.05) is 37.3 Å². The molecule has 0 fully saturated rings. The van der Waals surface area contributed by atoms with Gasteiger partial charge >= 0.3 is 19.5 Å². The van der Waals surface area contributed by atoms with Gasteiger partial charge < -0.3 is 15.3 Å². The molecule has 0 saturated heterocycles. The molecule has 1 aromatic rings. The number of benzene rings is 1. The van der Waals surface area contributed by atoms with E-state index in [0.717, 1.165) is 23.6 Å². The molecule has 0 aliphatic carbocycles. The van der Waals surface area contributed by atoms with E-state index in [0.29, 0.717) is 0 Å². The summed E-state index contributed by atoms with van der Waals surface area (Å²) in [5.74, 6) is -0.725.